The molecule has 0 bridgehead atoms. The molecule has 2 saturated heterocycles. The van der Waals surface area contributed by atoms with Crippen LogP contribution in [0.15, 0.2) is 47.6 Å². The summed E-state index contributed by atoms with van der Waals surface area (Å²) in [5.41, 5.74) is -0.851. The number of benzene rings is 1. The number of carbonyl (C=O) groups is 6. The molecule has 0 aromatic heterocycles. The first-order chi connectivity index (χ1) is 17.9. The van der Waals surface area contributed by atoms with Crippen LogP contribution < -0.4 is 10.6 Å². The van der Waals surface area contributed by atoms with E-state index in [0.29, 0.717) is 0 Å². The van der Waals surface area contributed by atoms with E-state index in [1.807, 2.05) is 0 Å². The van der Waals surface area contributed by atoms with Crippen LogP contribution in [0, 0.1) is 0 Å². The summed E-state index contributed by atoms with van der Waals surface area (Å²) in [6.07, 6.45) is 1.84. The summed E-state index contributed by atoms with van der Waals surface area (Å²) >= 11 is 1.21. The van der Waals surface area contributed by atoms with Crippen molar-refractivity contribution in [2.45, 2.75) is 42.0 Å². The zero-order valence-electron chi connectivity index (χ0n) is 20.3. The summed E-state index contributed by atoms with van der Waals surface area (Å²) < 4.78 is -0.834. The third kappa shape index (κ3) is 4.58. The quantitative estimate of drug-likeness (QED) is 0.158. The molecule has 3 aliphatic rings. The number of fused-ring (bicyclic) bond motifs is 1. The van der Waals surface area contributed by atoms with Crippen LogP contribution in [0.5, 0.6) is 5.75 Å². The molecule has 0 unspecified atom stereocenters. The van der Waals surface area contributed by atoms with Crippen LogP contribution in [0.4, 0.5) is 0 Å². The smallest absolute Gasteiger partial charge is 0.327 e. The molecule has 0 radical (unpaired) electrons. The topological polar surface area (TPSA) is 190 Å². The second kappa shape index (κ2) is 10.1. The Hall–Kier alpha value is -3.97. The van der Waals surface area contributed by atoms with Crippen molar-refractivity contribution in [1.82, 2.24) is 15.5 Å². The molecule has 38 heavy (non-hydrogen) atoms. The summed E-state index contributed by atoms with van der Waals surface area (Å²) in [5.74, 6) is -6.88. The van der Waals surface area contributed by atoms with Gasteiger partial charge in [0.25, 0.3) is 5.91 Å². The Balaban J connectivity index is 1.73. The third-order valence-corrected chi connectivity index (χ3v) is 8.11. The average molecular weight is 544 g/mol. The molecule has 5 N–H and O–H groups in total. The molecule has 200 valence electrons. The van der Waals surface area contributed by atoms with Crippen LogP contribution in [-0.2, 0) is 28.8 Å². The standard InChI is InChI=1S/C25H25N3O9S/c1-25(2)19(24(36)37)28-22(35)18(23(28)38-25)27-21(34)15(11-3-5-12(30)6-4-11)16-13(31)7-8-14(32)17(16)20(33)26-9-10-29/h3-8,15,18-19,23,29-30H,9-10H2,1-2H3,(H,26,33)(H,27,34)(H,36,37)/t15-,18-,19+,23-/m1/s1. The number of allylic oxidation sites excluding steroid dienone is 2. The molecule has 1 aromatic rings. The summed E-state index contributed by atoms with van der Waals surface area (Å²) in [6, 6.07) is 3.00. The van der Waals surface area contributed by atoms with E-state index >= 15 is 0 Å². The Labute approximate surface area is 220 Å². The van der Waals surface area contributed by atoms with Gasteiger partial charge in [-0.3, -0.25) is 24.0 Å². The van der Waals surface area contributed by atoms with E-state index in [1.165, 1.54) is 40.9 Å². The molecule has 12 nitrogen and oxygen atoms in total. The SMILES string of the molecule is CC1(C)S[C@@H]2[C@H](NC(=O)[C@@H](C3=C(C(=O)NCCO)C(=O)C=CC3=O)c3ccc(O)cc3)C(=O)N2[C@H]1C(=O)O. The molecule has 1 aliphatic carbocycles. The first-order valence-electron chi connectivity index (χ1n) is 11.6. The van der Waals surface area contributed by atoms with Crippen molar-refractivity contribution in [3.05, 3.63) is 53.1 Å². The lowest BCUT2D eigenvalue weighted by molar-refractivity contribution is -0.161. The van der Waals surface area contributed by atoms with Crippen LogP contribution in [0.3, 0.4) is 0 Å². The molecule has 4 atom stereocenters. The maximum absolute atomic E-state index is 13.7. The summed E-state index contributed by atoms with van der Waals surface area (Å²) in [4.78, 5) is 78.2. The number of carbonyl (C=O) groups excluding carboxylic acids is 5. The normalized spacial score (nSPS) is 24.6. The van der Waals surface area contributed by atoms with Gasteiger partial charge in [-0.05, 0) is 43.7 Å². The van der Waals surface area contributed by atoms with E-state index in [4.69, 9.17) is 5.11 Å². The van der Waals surface area contributed by atoms with Gasteiger partial charge in [0, 0.05) is 16.9 Å². The number of amides is 3. The molecule has 13 heteroatoms. The highest BCUT2D eigenvalue weighted by molar-refractivity contribution is 8.01. The number of rotatable bonds is 8. The van der Waals surface area contributed by atoms with Crippen molar-refractivity contribution in [3.63, 3.8) is 0 Å². The van der Waals surface area contributed by atoms with Crippen molar-refractivity contribution in [3.8, 4) is 5.75 Å². The van der Waals surface area contributed by atoms with Gasteiger partial charge >= 0.3 is 5.97 Å². The number of β-lactam (4-membered cyclic amide) rings is 1. The van der Waals surface area contributed by atoms with Gasteiger partial charge in [-0.15, -0.1) is 11.8 Å². The number of nitrogens with one attached hydrogen (secondary N) is 2. The summed E-state index contributed by atoms with van der Waals surface area (Å²) in [7, 11) is 0. The zero-order chi connectivity index (χ0) is 27.9. The van der Waals surface area contributed by atoms with Crippen molar-refractivity contribution in [2.75, 3.05) is 13.2 Å². The number of nitrogens with zero attached hydrogens (tertiary/aromatic N) is 1. The number of carboxylic acids is 1. The fraction of sp³-hybridized carbons (Fsp3) is 0.360. The minimum Gasteiger partial charge on any atom is -0.508 e. The number of hydrogen-bond donors (Lipinski definition) is 5. The van der Waals surface area contributed by atoms with Crippen LogP contribution in [0.2, 0.25) is 0 Å². The molecule has 0 saturated carbocycles. The van der Waals surface area contributed by atoms with Crippen molar-refractivity contribution in [2.24, 2.45) is 0 Å². The average Bonchev–Trinajstić information content (AvgIpc) is 3.12. The Bertz CT molecular complexity index is 1300. The number of carboxylic acid groups (broad SMARTS) is 1. The van der Waals surface area contributed by atoms with E-state index in [-0.39, 0.29) is 17.9 Å². The molecule has 2 fully saturated rings. The Morgan fingerprint density at radius 3 is 2.32 bits per heavy atom. The predicted molar refractivity (Wildman–Crippen MR) is 133 cm³/mol. The van der Waals surface area contributed by atoms with Crippen LogP contribution in [0.25, 0.3) is 0 Å². The number of thioether (sulfide) groups is 1. The van der Waals surface area contributed by atoms with Gasteiger partial charge in [0.1, 0.15) is 23.2 Å². The monoisotopic (exact) mass is 543 g/mol. The second-order valence-electron chi connectivity index (χ2n) is 9.44. The maximum Gasteiger partial charge on any atom is 0.327 e. The minimum atomic E-state index is -1.52. The number of aliphatic hydroxyl groups excluding tert-OH is 1. The van der Waals surface area contributed by atoms with Gasteiger partial charge in [-0.2, -0.15) is 0 Å². The lowest BCUT2D eigenvalue weighted by Crippen LogP contribution is -2.71. The molecule has 0 spiro atoms. The number of phenolic OH excluding ortho intramolecular Hbond substituents is 1. The van der Waals surface area contributed by atoms with Gasteiger partial charge in [-0.25, -0.2) is 4.79 Å². The van der Waals surface area contributed by atoms with Gasteiger partial charge < -0.3 is 30.9 Å². The highest BCUT2D eigenvalue weighted by Gasteiger charge is 2.64. The number of hydrogen-bond acceptors (Lipinski definition) is 9. The van der Waals surface area contributed by atoms with Gasteiger partial charge in [0.05, 0.1) is 18.1 Å². The number of aromatic hydroxyl groups is 1. The predicted octanol–water partition coefficient (Wildman–Crippen LogP) is -0.779. The fourth-order valence-electron chi connectivity index (χ4n) is 4.86. The van der Waals surface area contributed by atoms with E-state index in [2.05, 4.69) is 10.6 Å². The zero-order valence-corrected chi connectivity index (χ0v) is 21.2. The van der Waals surface area contributed by atoms with Crippen molar-refractivity contribution >= 4 is 47.0 Å². The van der Waals surface area contributed by atoms with Gasteiger partial charge in [0.15, 0.2) is 11.6 Å². The maximum atomic E-state index is 13.7. The molecule has 2 aliphatic heterocycles. The fourth-order valence-corrected chi connectivity index (χ4v) is 6.48. The highest BCUT2D eigenvalue weighted by atomic mass is 32.2. The largest absolute Gasteiger partial charge is 0.508 e. The van der Waals surface area contributed by atoms with E-state index in [9.17, 15) is 39.0 Å². The molecule has 1 aromatic carbocycles. The van der Waals surface area contributed by atoms with E-state index in [1.54, 1.807) is 13.8 Å². The van der Waals surface area contributed by atoms with Crippen LogP contribution >= 0.6 is 11.8 Å². The molecule has 3 amide bonds. The number of ketones is 2. The van der Waals surface area contributed by atoms with Gasteiger partial charge in [-0.1, -0.05) is 12.1 Å². The van der Waals surface area contributed by atoms with E-state index in [0.717, 1.165) is 12.2 Å². The van der Waals surface area contributed by atoms with Gasteiger partial charge in [0.2, 0.25) is 11.8 Å². The Morgan fingerprint density at radius 1 is 1.08 bits per heavy atom. The van der Waals surface area contributed by atoms with Crippen molar-refractivity contribution in [1.29, 1.82) is 0 Å². The molecular weight excluding hydrogens is 518 g/mol. The summed E-state index contributed by atoms with van der Waals surface area (Å²) in [6.45, 7) is 2.73. The Kier molecular flexibility index (Phi) is 7.17. The van der Waals surface area contributed by atoms with Crippen LogP contribution in [-0.4, -0.2) is 90.8 Å². The molecule has 4 rings (SSSR count). The van der Waals surface area contributed by atoms with Crippen LogP contribution in [0.1, 0.15) is 25.3 Å². The lowest BCUT2D eigenvalue weighted by Gasteiger charge is -2.44. The molecular formula is C25H25N3O9S. The number of phenols is 1. The number of aliphatic carboxylic acids is 1. The van der Waals surface area contributed by atoms with E-state index < -0.39 is 81.1 Å². The van der Waals surface area contributed by atoms with Crippen molar-refractivity contribution < 1.29 is 44.1 Å². The minimum absolute atomic E-state index is 0.136. The number of aliphatic hydroxyl groups is 1. The first kappa shape index (κ1) is 27.1. The highest BCUT2D eigenvalue weighted by Crippen LogP contribution is 2.51. The Morgan fingerprint density at radius 2 is 1.71 bits per heavy atom. The summed E-state index contributed by atoms with van der Waals surface area (Å²) in [5, 5.41) is 32.7. The lowest BCUT2D eigenvalue weighted by atomic mass is 9.80. The first-order valence-corrected chi connectivity index (χ1v) is 12.5. The third-order valence-electron chi connectivity index (χ3n) is 6.54. The second-order valence-corrected chi connectivity index (χ2v) is 11.2. The molecule has 2 heterocycles.